The largest absolute Gasteiger partial charge is 0.365 e. The number of thiophene rings is 2. The molecule has 3 rings (SSSR count). The van der Waals surface area contributed by atoms with Crippen molar-refractivity contribution in [3.05, 3.63) is 39.2 Å². The van der Waals surface area contributed by atoms with E-state index in [1.165, 1.54) is 16.2 Å². The Kier molecular flexibility index (Phi) is 5.65. The van der Waals surface area contributed by atoms with Crippen molar-refractivity contribution in [2.24, 2.45) is 0 Å². The second-order valence-corrected chi connectivity index (χ2v) is 8.00. The van der Waals surface area contributed by atoms with E-state index < -0.39 is 0 Å². The lowest BCUT2D eigenvalue weighted by atomic mass is 10.2. The molecule has 0 fully saturated rings. The number of fused-ring (bicyclic) bond motifs is 1. The average Bonchev–Trinajstić information content (AvgIpc) is 3.25. The molecule has 5 nitrogen and oxygen atoms in total. The molecule has 0 aliphatic heterocycles. The zero-order valence-corrected chi connectivity index (χ0v) is 16.3. The fourth-order valence-electron chi connectivity index (χ4n) is 2.66. The quantitative estimate of drug-likeness (QED) is 0.659. The molecule has 1 amide bonds. The van der Waals surface area contributed by atoms with Gasteiger partial charge in [0.1, 0.15) is 17.0 Å². The lowest BCUT2D eigenvalue weighted by Gasteiger charge is -2.16. The normalized spacial score (nSPS) is 11.0. The molecule has 0 aliphatic rings. The molecular weight excluding hydrogens is 352 g/mol. The minimum atomic E-state index is 0.0677. The topological polar surface area (TPSA) is 58.1 Å². The van der Waals surface area contributed by atoms with Crippen LogP contribution in [0.3, 0.4) is 0 Å². The number of unbranched alkanes of at least 4 members (excludes halogenated alkanes) is 1. The number of hydrogen-bond donors (Lipinski definition) is 1. The predicted octanol–water partition coefficient (Wildman–Crippen LogP) is 4.55. The van der Waals surface area contributed by atoms with Crippen LogP contribution >= 0.6 is 22.7 Å². The Morgan fingerprint density at radius 1 is 1.36 bits per heavy atom. The van der Waals surface area contributed by atoms with Crippen molar-refractivity contribution in [3.63, 3.8) is 0 Å². The predicted molar refractivity (Wildman–Crippen MR) is 106 cm³/mol. The number of aryl methyl sites for hydroxylation is 1. The lowest BCUT2D eigenvalue weighted by Crippen LogP contribution is -2.27. The summed E-state index contributed by atoms with van der Waals surface area (Å²) in [4.78, 5) is 26.2. The summed E-state index contributed by atoms with van der Waals surface area (Å²) < 4.78 is 0. The highest BCUT2D eigenvalue weighted by molar-refractivity contribution is 7.20. The number of amides is 1. The Hall–Kier alpha value is -1.99. The molecule has 0 atom stereocenters. The number of aromatic nitrogens is 2. The Morgan fingerprint density at radius 3 is 2.92 bits per heavy atom. The standard InChI is InChI=1S/C18H22N4OS2/c1-4-5-8-22(3)18(23)15-12(2)14-16(20-11-21-17(14)25-15)19-10-13-7-6-9-24-13/h6-7,9,11H,4-5,8,10H2,1-3H3,(H,19,20,21). The van der Waals surface area contributed by atoms with Gasteiger partial charge in [-0.15, -0.1) is 22.7 Å². The third kappa shape index (κ3) is 3.82. The first-order valence-corrected chi connectivity index (χ1v) is 10.1. The van der Waals surface area contributed by atoms with E-state index in [-0.39, 0.29) is 5.91 Å². The average molecular weight is 375 g/mol. The molecule has 0 unspecified atom stereocenters. The third-order valence-corrected chi connectivity index (χ3v) is 6.19. The van der Waals surface area contributed by atoms with Gasteiger partial charge >= 0.3 is 0 Å². The van der Waals surface area contributed by atoms with E-state index in [1.807, 2.05) is 20.0 Å². The van der Waals surface area contributed by atoms with Crippen LogP contribution in [-0.4, -0.2) is 34.4 Å². The van der Waals surface area contributed by atoms with Crippen LogP contribution in [-0.2, 0) is 6.54 Å². The van der Waals surface area contributed by atoms with E-state index >= 15 is 0 Å². The monoisotopic (exact) mass is 374 g/mol. The van der Waals surface area contributed by atoms with E-state index in [1.54, 1.807) is 22.6 Å². The van der Waals surface area contributed by atoms with Crippen LogP contribution in [0.2, 0.25) is 0 Å². The smallest absolute Gasteiger partial charge is 0.264 e. The number of carbonyl (C=O) groups is 1. The molecule has 0 radical (unpaired) electrons. The number of carbonyl (C=O) groups excluding carboxylic acids is 1. The Balaban J connectivity index is 1.88. The maximum absolute atomic E-state index is 12.8. The second-order valence-electron chi connectivity index (χ2n) is 5.97. The van der Waals surface area contributed by atoms with Crippen LogP contribution in [0, 0.1) is 6.92 Å². The second kappa shape index (κ2) is 7.93. The number of rotatable bonds is 7. The summed E-state index contributed by atoms with van der Waals surface area (Å²) in [5.74, 6) is 0.862. The van der Waals surface area contributed by atoms with Gasteiger partial charge in [-0.3, -0.25) is 4.79 Å². The van der Waals surface area contributed by atoms with E-state index in [0.29, 0.717) is 0 Å². The molecule has 132 valence electrons. The first-order chi connectivity index (χ1) is 12.1. The Labute approximate surface area is 155 Å². The van der Waals surface area contributed by atoms with Crippen molar-refractivity contribution < 1.29 is 4.79 Å². The summed E-state index contributed by atoms with van der Waals surface area (Å²) in [6, 6.07) is 4.13. The van der Waals surface area contributed by atoms with E-state index in [9.17, 15) is 4.79 Å². The van der Waals surface area contributed by atoms with Gasteiger partial charge in [0.05, 0.1) is 16.8 Å². The van der Waals surface area contributed by atoms with Crippen molar-refractivity contribution in [1.82, 2.24) is 14.9 Å². The highest BCUT2D eigenvalue weighted by Crippen LogP contribution is 2.34. The molecule has 0 spiro atoms. The van der Waals surface area contributed by atoms with Crippen LogP contribution in [0.25, 0.3) is 10.2 Å². The maximum Gasteiger partial charge on any atom is 0.264 e. The van der Waals surface area contributed by atoms with Crippen LogP contribution < -0.4 is 5.32 Å². The SMILES string of the molecule is CCCCN(C)C(=O)c1sc2ncnc(NCc3cccs3)c2c1C. The van der Waals surface area contributed by atoms with Crippen molar-refractivity contribution in [2.75, 3.05) is 18.9 Å². The van der Waals surface area contributed by atoms with Gasteiger partial charge in [0.15, 0.2) is 0 Å². The molecule has 3 aromatic rings. The molecule has 25 heavy (non-hydrogen) atoms. The molecule has 0 saturated carbocycles. The molecule has 1 N–H and O–H groups in total. The Morgan fingerprint density at radius 2 is 2.20 bits per heavy atom. The molecule has 3 aromatic heterocycles. The fourth-order valence-corrected chi connectivity index (χ4v) is 4.45. The van der Waals surface area contributed by atoms with E-state index in [4.69, 9.17) is 0 Å². The lowest BCUT2D eigenvalue weighted by molar-refractivity contribution is 0.0797. The highest BCUT2D eigenvalue weighted by Gasteiger charge is 2.21. The molecule has 0 saturated heterocycles. The van der Waals surface area contributed by atoms with Crippen molar-refractivity contribution >= 4 is 44.6 Å². The Bertz CT molecular complexity index is 857. The van der Waals surface area contributed by atoms with Gasteiger partial charge in [0, 0.05) is 18.5 Å². The van der Waals surface area contributed by atoms with E-state index in [0.717, 1.165) is 52.4 Å². The third-order valence-electron chi connectivity index (χ3n) is 4.13. The zero-order chi connectivity index (χ0) is 17.8. The van der Waals surface area contributed by atoms with Crippen molar-refractivity contribution in [1.29, 1.82) is 0 Å². The molecular formula is C18H22N4OS2. The van der Waals surface area contributed by atoms with Crippen LogP contribution in [0.4, 0.5) is 5.82 Å². The van der Waals surface area contributed by atoms with Crippen LogP contribution in [0.1, 0.15) is 39.9 Å². The maximum atomic E-state index is 12.8. The summed E-state index contributed by atoms with van der Waals surface area (Å²) in [6.45, 7) is 5.61. The van der Waals surface area contributed by atoms with Crippen molar-refractivity contribution in [3.8, 4) is 0 Å². The molecule has 0 aromatic carbocycles. The number of anilines is 1. The van der Waals surface area contributed by atoms with Gasteiger partial charge in [-0.25, -0.2) is 9.97 Å². The minimum absolute atomic E-state index is 0.0677. The van der Waals surface area contributed by atoms with Gasteiger partial charge < -0.3 is 10.2 Å². The first-order valence-electron chi connectivity index (χ1n) is 8.37. The van der Waals surface area contributed by atoms with Gasteiger partial charge in [-0.2, -0.15) is 0 Å². The zero-order valence-electron chi connectivity index (χ0n) is 14.7. The highest BCUT2D eigenvalue weighted by atomic mass is 32.1. The van der Waals surface area contributed by atoms with Crippen LogP contribution in [0.15, 0.2) is 23.8 Å². The number of nitrogens with one attached hydrogen (secondary N) is 1. The number of nitrogens with zero attached hydrogens (tertiary/aromatic N) is 3. The van der Waals surface area contributed by atoms with Gasteiger partial charge in [0.25, 0.3) is 5.91 Å². The van der Waals surface area contributed by atoms with Crippen molar-refractivity contribution in [2.45, 2.75) is 33.2 Å². The molecule has 7 heteroatoms. The molecule has 0 bridgehead atoms. The molecule has 0 aliphatic carbocycles. The van der Waals surface area contributed by atoms with Gasteiger partial charge in [-0.05, 0) is 30.4 Å². The van der Waals surface area contributed by atoms with Gasteiger partial charge in [0.2, 0.25) is 0 Å². The fraction of sp³-hybridized carbons (Fsp3) is 0.389. The summed E-state index contributed by atoms with van der Waals surface area (Å²) in [5.41, 5.74) is 0.961. The summed E-state index contributed by atoms with van der Waals surface area (Å²) in [5, 5.41) is 6.40. The minimum Gasteiger partial charge on any atom is -0.365 e. The molecule has 3 heterocycles. The summed E-state index contributed by atoms with van der Waals surface area (Å²) in [6.07, 6.45) is 3.65. The first kappa shape index (κ1) is 17.8. The van der Waals surface area contributed by atoms with Gasteiger partial charge in [-0.1, -0.05) is 19.4 Å². The summed E-state index contributed by atoms with van der Waals surface area (Å²) in [7, 11) is 1.86. The van der Waals surface area contributed by atoms with E-state index in [2.05, 4.69) is 33.7 Å². The number of hydrogen-bond acceptors (Lipinski definition) is 6. The summed E-state index contributed by atoms with van der Waals surface area (Å²) >= 11 is 3.16. The van der Waals surface area contributed by atoms with Crippen LogP contribution in [0.5, 0.6) is 0 Å².